The molecule has 0 spiro atoms. The Hall–Kier alpha value is -4.67. The molecule has 0 aliphatic carbocycles. The van der Waals surface area contributed by atoms with Gasteiger partial charge in [0, 0.05) is 67.0 Å². The van der Waals surface area contributed by atoms with Gasteiger partial charge in [-0.15, -0.1) is 0 Å². The van der Waals surface area contributed by atoms with Crippen LogP contribution in [0.15, 0.2) is 48.8 Å². The number of methoxy groups -OCH3 is 2. The fraction of sp³-hybridized carbons (Fsp3) is 0.367. The Morgan fingerprint density at radius 1 is 0.976 bits per heavy atom. The molecule has 2 amide bonds. The van der Waals surface area contributed by atoms with Crippen molar-refractivity contribution in [2.24, 2.45) is 5.92 Å². The third kappa shape index (κ3) is 5.27. The summed E-state index contributed by atoms with van der Waals surface area (Å²) >= 11 is 0. The molecule has 11 heteroatoms. The molecule has 6 rings (SSSR count). The summed E-state index contributed by atoms with van der Waals surface area (Å²) in [5.74, 6) is 1.49. The molecule has 0 saturated carbocycles. The van der Waals surface area contributed by atoms with Gasteiger partial charge in [0.25, 0.3) is 0 Å². The molecule has 41 heavy (non-hydrogen) atoms. The van der Waals surface area contributed by atoms with E-state index in [0.29, 0.717) is 37.7 Å². The predicted molar refractivity (Wildman–Crippen MR) is 154 cm³/mol. The van der Waals surface area contributed by atoms with E-state index in [9.17, 15) is 9.59 Å². The molecular formula is C30H33N7O4. The molecule has 4 heterocycles. The maximum absolute atomic E-state index is 12.8. The van der Waals surface area contributed by atoms with Crippen molar-refractivity contribution in [3.05, 3.63) is 54.5 Å². The molecule has 2 aromatic carbocycles. The largest absolute Gasteiger partial charge is 0.497 e. The van der Waals surface area contributed by atoms with Crippen LogP contribution in [0.25, 0.3) is 22.3 Å². The molecule has 0 unspecified atom stereocenters. The highest BCUT2D eigenvalue weighted by Gasteiger charge is 2.36. The van der Waals surface area contributed by atoms with Crippen LogP contribution < -0.4 is 14.8 Å². The molecular weight excluding hydrogens is 522 g/mol. The highest BCUT2D eigenvalue weighted by molar-refractivity contribution is 5.83. The molecule has 2 aliphatic heterocycles. The average Bonchev–Trinajstić information content (AvgIpc) is 3.37. The van der Waals surface area contributed by atoms with Crippen molar-refractivity contribution < 1.29 is 19.1 Å². The maximum Gasteiger partial charge on any atom is 0.229 e. The van der Waals surface area contributed by atoms with Gasteiger partial charge in [-0.05, 0) is 38.0 Å². The van der Waals surface area contributed by atoms with Crippen LogP contribution in [0, 0.1) is 12.8 Å². The number of nitrogens with one attached hydrogen (secondary N) is 1. The first kappa shape index (κ1) is 26.5. The Labute approximate surface area is 238 Å². The number of amides is 2. The Bertz CT molecular complexity index is 1570. The number of rotatable bonds is 8. The van der Waals surface area contributed by atoms with Crippen LogP contribution in [-0.4, -0.2) is 82.3 Å². The van der Waals surface area contributed by atoms with E-state index in [1.165, 1.54) is 0 Å². The van der Waals surface area contributed by atoms with Crippen molar-refractivity contribution in [3.8, 4) is 22.8 Å². The predicted octanol–water partition coefficient (Wildman–Crippen LogP) is 3.81. The third-order valence-corrected chi connectivity index (χ3v) is 8.03. The van der Waals surface area contributed by atoms with Gasteiger partial charge in [-0.1, -0.05) is 0 Å². The number of carbonyl (C=O) groups is 2. The van der Waals surface area contributed by atoms with Crippen molar-refractivity contribution >= 4 is 34.7 Å². The number of fused-ring (bicyclic) bond motifs is 1. The Morgan fingerprint density at radius 2 is 1.71 bits per heavy atom. The lowest BCUT2D eigenvalue weighted by Crippen LogP contribution is -2.55. The fourth-order valence-electron chi connectivity index (χ4n) is 5.65. The second-order valence-electron chi connectivity index (χ2n) is 10.6. The zero-order valence-corrected chi connectivity index (χ0v) is 23.4. The van der Waals surface area contributed by atoms with Gasteiger partial charge in [0.05, 0.1) is 55.3 Å². The Kier molecular flexibility index (Phi) is 7.17. The number of aromatic nitrogens is 4. The summed E-state index contributed by atoms with van der Waals surface area (Å²) in [6.45, 7) is 4.51. The summed E-state index contributed by atoms with van der Waals surface area (Å²) in [7, 11) is 3.25. The number of likely N-dealkylation sites (tertiary alicyclic amines) is 2. The Balaban J connectivity index is 1.17. The number of hydrogen-bond acceptors (Lipinski definition) is 8. The molecule has 0 bridgehead atoms. The quantitative estimate of drug-likeness (QED) is 0.327. The van der Waals surface area contributed by atoms with Crippen LogP contribution in [-0.2, 0) is 9.59 Å². The summed E-state index contributed by atoms with van der Waals surface area (Å²) in [5, 5.41) is 8.12. The number of ether oxygens (including phenoxy) is 2. The van der Waals surface area contributed by atoms with Gasteiger partial charge in [0.2, 0.25) is 12.3 Å². The van der Waals surface area contributed by atoms with Crippen molar-refractivity contribution in [1.82, 2.24) is 29.5 Å². The van der Waals surface area contributed by atoms with E-state index in [4.69, 9.17) is 19.6 Å². The van der Waals surface area contributed by atoms with Crippen molar-refractivity contribution in [2.45, 2.75) is 25.8 Å². The van der Waals surface area contributed by atoms with E-state index in [2.05, 4.69) is 21.9 Å². The normalized spacial score (nSPS) is 16.0. The Morgan fingerprint density at radius 3 is 2.39 bits per heavy atom. The minimum atomic E-state index is -0.0599. The molecule has 11 nitrogen and oxygen atoms in total. The molecule has 0 atom stereocenters. The monoisotopic (exact) mass is 555 g/mol. The van der Waals surface area contributed by atoms with Crippen LogP contribution in [0.4, 0.5) is 11.4 Å². The van der Waals surface area contributed by atoms with Gasteiger partial charge in [-0.3, -0.25) is 19.3 Å². The van der Waals surface area contributed by atoms with Crippen LogP contribution in [0.5, 0.6) is 11.5 Å². The van der Waals surface area contributed by atoms with E-state index in [-0.39, 0.29) is 17.9 Å². The number of hydrogen-bond donors (Lipinski definition) is 1. The van der Waals surface area contributed by atoms with Crippen molar-refractivity contribution in [1.29, 1.82) is 0 Å². The SMILES string of the molecule is COc1cc(Nc2ccc3ncc(-c4cnn(C5CCN(C(=O)C6CN(C=O)C6)CC5)c4C)nc3c2)cc(OC)c1. The zero-order valence-electron chi connectivity index (χ0n) is 23.4. The average molecular weight is 556 g/mol. The molecule has 2 saturated heterocycles. The smallest absolute Gasteiger partial charge is 0.229 e. The van der Waals surface area contributed by atoms with E-state index >= 15 is 0 Å². The molecule has 0 radical (unpaired) electrons. The van der Waals surface area contributed by atoms with E-state index in [1.54, 1.807) is 25.3 Å². The first-order chi connectivity index (χ1) is 19.9. The zero-order chi connectivity index (χ0) is 28.5. The summed E-state index contributed by atoms with van der Waals surface area (Å²) in [6, 6.07) is 11.7. The third-order valence-electron chi connectivity index (χ3n) is 8.03. The van der Waals surface area contributed by atoms with Crippen LogP contribution in [0.1, 0.15) is 24.6 Å². The summed E-state index contributed by atoms with van der Waals surface area (Å²) in [6.07, 6.45) is 6.13. The van der Waals surface area contributed by atoms with Gasteiger partial charge in [0.15, 0.2) is 0 Å². The molecule has 2 aliphatic rings. The standard InChI is InChI=1S/C30H33N7O4/c1-19-26(14-32-37(19)23-6-8-36(9-7-23)30(39)20-16-35(17-20)18-38)29-15-31-27-5-4-21(12-28(27)34-29)33-22-10-24(40-2)13-25(11-22)41-3/h4-5,10-15,18,20,23,33H,6-9,16-17H2,1-3H3. The van der Waals surface area contributed by atoms with Crippen molar-refractivity contribution in [3.63, 3.8) is 0 Å². The summed E-state index contributed by atoms with van der Waals surface area (Å²) in [5.41, 5.74) is 6.01. The minimum Gasteiger partial charge on any atom is -0.497 e. The highest BCUT2D eigenvalue weighted by Crippen LogP contribution is 2.32. The number of benzene rings is 2. The molecule has 1 N–H and O–H groups in total. The van der Waals surface area contributed by atoms with Crippen LogP contribution in [0.2, 0.25) is 0 Å². The molecule has 4 aromatic rings. The first-order valence-corrected chi connectivity index (χ1v) is 13.7. The lowest BCUT2D eigenvalue weighted by atomic mass is 9.97. The lowest BCUT2D eigenvalue weighted by molar-refractivity contribution is -0.144. The molecule has 212 valence electrons. The number of anilines is 2. The van der Waals surface area contributed by atoms with Crippen LogP contribution in [0.3, 0.4) is 0 Å². The maximum atomic E-state index is 12.8. The summed E-state index contributed by atoms with van der Waals surface area (Å²) < 4.78 is 12.8. The fourth-order valence-corrected chi connectivity index (χ4v) is 5.65. The summed E-state index contributed by atoms with van der Waals surface area (Å²) in [4.78, 5) is 36.7. The van der Waals surface area contributed by atoms with Gasteiger partial charge in [-0.25, -0.2) is 4.98 Å². The first-order valence-electron chi connectivity index (χ1n) is 13.7. The number of nitrogens with zero attached hydrogens (tertiary/aromatic N) is 6. The van der Waals surface area contributed by atoms with Gasteiger partial charge in [-0.2, -0.15) is 5.10 Å². The topological polar surface area (TPSA) is 115 Å². The van der Waals surface area contributed by atoms with E-state index in [1.807, 2.05) is 47.5 Å². The van der Waals surface area contributed by atoms with Gasteiger partial charge in [0.1, 0.15) is 11.5 Å². The molecule has 2 fully saturated rings. The lowest BCUT2D eigenvalue weighted by Gasteiger charge is -2.40. The van der Waals surface area contributed by atoms with Gasteiger partial charge < -0.3 is 24.6 Å². The molecule has 2 aromatic heterocycles. The number of carbonyl (C=O) groups excluding carboxylic acids is 2. The second kappa shape index (κ2) is 11.1. The highest BCUT2D eigenvalue weighted by atomic mass is 16.5. The second-order valence-corrected chi connectivity index (χ2v) is 10.6. The van der Waals surface area contributed by atoms with Gasteiger partial charge >= 0.3 is 0 Å². The van der Waals surface area contributed by atoms with E-state index < -0.39 is 0 Å². The number of piperidine rings is 1. The van der Waals surface area contributed by atoms with Crippen LogP contribution >= 0.6 is 0 Å². The minimum absolute atomic E-state index is 0.0599. The van der Waals surface area contributed by atoms with E-state index in [0.717, 1.165) is 58.6 Å². The van der Waals surface area contributed by atoms with Crippen molar-refractivity contribution in [2.75, 3.05) is 45.7 Å².